The molecule has 0 aliphatic rings. The summed E-state index contributed by atoms with van der Waals surface area (Å²) < 4.78 is 0. The fourth-order valence-corrected chi connectivity index (χ4v) is 4.60. The first-order chi connectivity index (χ1) is 17.1. The topological polar surface area (TPSA) is 75.3 Å². The quantitative estimate of drug-likeness (QED) is 0.165. The van der Waals surface area contributed by atoms with E-state index in [9.17, 15) is 14.4 Å². The molecule has 0 saturated heterocycles. The fourth-order valence-electron chi connectivity index (χ4n) is 3.15. The van der Waals surface area contributed by atoms with Crippen LogP contribution in [0.3, 0.4) is 0 Å². The maximum Gasteiger partial charge on any atom is 0.272 e. The smallest absolute Gasteiger partial charge is 0.272 e. The molecule has 4 aromatic rings. The Hall–Kier alpha value is -3.94. The number of ketones is 1. The molecule has 5 nitrogen and oxygen atoms in total. The predicted molar refractivity (Wildman–Crippen MR) is 143 cm³/mol. The monoisotopic (exact) mass is 498 g/mol. The van der Waals surface area contributed by atoms with Gasteiger partial charge in [0.25, 0.3) is 11.8 Å². The summed E-state index contributed by atoms with van der Waals surface area (Å²) >= 11 is 2.90. The number of carbonyl (C=O) groups excluding carboxylic acids is 3. The van der Waals surface area contributed by atoms with E-state index in [4.69, 9.17) is 0 Å². The van der Waals surface area contributed by atoms with E-state index >= 15 is 0 Å². The van der Waals surface area contributed by atoms with Crippen molar-refractivity contribution in [1.82, 2.24) is 5.32 Å². The lowest BCUT2D eigenvalue weighted by Gasteiger charge is -2.11. The Morgan fingerprint density at radius 3 is 2.06 bits per heavy atom. The van der Waals surface area contributed by atoms with Crippen LogP contribution in [0, 0.1) is 0 Å². The predicted octanol–water partition coefficient (Wildman–Crippen LogP) is 6.13. The van der Waals surface area contributed by atoms with Crippen LogP contribution in [-0.2, 0) is 4.79 Å². The average Bonchev–Trinajstić information content (AvgIpc) is 3.42. The Bertz CT molecular complexity index is 1320. The van der Waals surface area contributed by atoms with Crippen molar-refractivity contribution in [3.05, 3.63) is 124 Å². The number of hydrogen-bond donors (Lipinski definition) is 2. The molecule has 0 radical (unpaired) electrons. The first-order valence-electron chi connectivity index (χ1n) is 10.8. The van der Waals surface area contributed by atoms with Gasteiger partial charge < -0.3 is 10.6 Å². The van der Waals surface area contributed by atoms with Gasteiger partial charge in [0.2, 0.25) is 0 Å². The molecular weight excluding hydrogens is 476 g/mol. The highest BCUT2D eigenvalue weighted by molar-refractivity contribution is 8.00. The van der Waals surface area contributed by atoms with Gasteiger partial charge in [0.15, 0.2) is 5.78 Å². The maximum atomic E-state index is 13.0. The van der Waals surface area contributed by atoms with Crippen molar-refractivity contribution < 1.29 is 14.4 Å². The van der Waals surface area contributed by atoms with Crippen LogP contribution in [0.1, 0.15) is 25.6 Å². The standard InChI is InChI=1S/C28H22N2O3S2/c31-26(20-8-3-1-4-9-20)19-35-23-15-13-22(14-16-23)29-28(33)25(18-24-12-7-17-34-24)30-27(32)21-10-5-2-6-11-21/h1-18H,19H2,(H,29,33)(H,30,32)/b25-18-. The van der Waals surface area contributed by atoms with Gasteiger partial charge in [-0.1, -0.05) is 54.6 Å². The van der Waals surface area contributed by atoms with E-state index in [2.05, 4.69) is 10.6 Å². The van der Waals surface area contributed by atoms with E-state index in [0.717, 1.165) is 9.77 Å². The fraction of sp³-hybridized carbons (Fsp3) is 0.0357. The summed E-state index contributed by atoms with van der Waals surface area (Å²) in [7, 11) is 0. The SMILES string of the molecule is O=C(Nc1ccc(SCC(=O)c2ccccc2)cc1)/C(=C/c1cccs1)NC(=O)c1ccccc1. The van der Waals surface area contributed by atoms with Crippen LogP contribution in [0.25, 0.3) is 6.08 Å². The molecule has 0 spiro atoms. The molecule has 7 heteroatoms. The first kappa shape index (κ1) is 24.2. The number of amides is 2. The van der Waals surface area contributed by atoms with Gasteiger partial charge in [0.05, 0.1) is 5.75 Å². The Labute approximate surface area is 211 Å². The second-order valence-corrected chi connectivity index (χ2v) is 9.48. The summed E-state index contributed by atoms with van der Waals surface area (Å²) in [5.74, 6) is -0.402. The van der Waals surface area contributed by atoms with Crippen molar-refractivity contribution in [2.75, 3.05) is 11.1 Å². The summed E-state index contributed by atoms with van der Waals surface area (Å²) in [5.41, 5.74) is 1.88. The van der Waals surface area contributed by atoms with Crippen LogP contribution in [0.4, 0.5) is 5.69 Å². The number of carbonyl (C=O) groups is 3. The van der Waals surface area contributed by atoms with E-state index < -0.39 is 5.91 Å². The molecule has 2 N–H and O–H groups in total. The summed E-state index contributed by atoms with van der Waals surface area (Å²) in [5, 5.41) is 7.46. The summed E-state index contributed by atoms with van der Waals surface area (Å²) in [6, 6.07) is 28.9. The average molecular weight is 499 g/mol. The molecule has 0 fully saturated rings. The molecule has 3 aromatic carbocycles. The third kappa shape index (κ3) is 7.02. The molecule has 0 unspecified atom stereocenters. The van der Waals surface area contributed by atoms with Crippen LogP contribution in [0.15, 0.2) is 113 Å². The Morgan fingerprint density at radius 1 is 0.771 bits per heavy atom. The number of hydrogen-bond acceptors (Lipinski definition) is 5. The van der Waals surface area contributed by atoms with Crippen LogP contribution in [-0.4, -0.2) is 23.4 Å². The van der Waals surface area contributed by atoms with Gasteiger partial charge in [-0.3, -0.25) is 14.4 Å². The Morgan fingerprint density at radius 2 is 1.43 bits per heavy atom. The van der Waals surface area contributed by atoms with E-state index in [1.165, 1.54) is 23.1 Å². The van der Waals surface area contributed by atoms with E-state index in [-0.39, 0.29) is 17.4 Å². The van der Waals surface area contributed by atoms with E-state index in [1.807, 2.05) is 53.9 Å². The van der Waals surface area contributed by atoms with Crippen molar-refractivity contribution in [3.8, 4) is 0 Å². The molecule has 0 aliphatic heterocycles. The molecule has 174 valence electrons. The molecule has 35 heavy (non-hydrogen) atoms. The van der Waals surface area contributed by atoms with Gasteiger partial charge in [0.1, 0.15) is 5.70 Å². The molecule has 2 amide bonds. The highest BCUT2D eigenvalue weighted by Gasteiger charge is 2.15. The number of Topliss-reactive ketones (excluding diaryl/α,β-unsaturated/α-hetero) is 1. The zero-order valence-corrected chi connectivity index (χ0v) is 20.3. The van der Waals surface area contributed by atoms with Crippen molar-refractivity contribution in [3.63, 3.8) is 0 Å². The minimum Gasteiger partial charge on any atom is -0.321 e. The summed E-state index contributed by atoms with van der Waals surface area (Å²) in [6.07, 6.45) is 1.65. The van der Waals surface area contributed by atoms with Crippen LogP contribution in [0.5, 0.6) is 0 Å². The zero-order chi connectivity index (χ0) is 24.5. The lowest BCUT2D eigenvalue weighted by atomic mass is 10.2. The number of anilines is 1. The lowest BCUT2D eigenvalue weighted by Crippen LogP contribution is -2.30. The highest BCUT2D eigenvalue weighted by atomic mass is 32.2. The second kappa shape index (κ2) is 12.0. The van der Waals surface area contributed by atoms with Crippen molar-refractivity contribution in [1.29, 1.82) is 0 Å². The second-order valence-electron chi connectivity index (χ2n) is 7.45. The van der Waals surface area contributed by atoms with E-state index in [0.29, 0.717) is 22.6 Å². The van der Waals surface area contributed by atoms with Gasteiger partial charge >= 0.3 is 0 Å². The van der Waals surface area contributed by atoms with Gasteiger partial charge in [-0.25, -0.2) is 0 Å². The number of thioether (sulfide) groups is 1. The summed E-state index contributed by atoms with van der Waals surface area (Å²) in [6.45, 7) is 0. The van der Waals surface area contributed by atoms with Crippen LogP contribution < -0.4 is 10.6 Å². The Kier molecular flexibility index (Phi) is 8.27. The molecule has 0 atom stereocenters. The zero-order valence-electron chi connectivity index (χ0n) is 18.6. The van der Waals surface area contributed by atoms with E-state index in [1.54, 1.807) is 54.6 Å². The van der Waals surface area contributed by atoms with Gasteiger partial charge in [-0.15, -0.1) is 23.1 Å². The normalized spacial score (nSPS) is 11.0. The Balaban J connectivity index is 1.41. The van der Waals surface area contributed by atoms with Gasteiger partial charge in [-0.05, 0) is 53.9 Å². The van der Waals surface area contributed by atoms with Crippen molar-refractivity contribution in [2.45, 2.75) is 4.90 Å². The molecule has 0 saturated carbocycles. The molecule has 1 heterocycles. The third-order valence-corrected chi connectivity index (χ3v) is 6.77. The summed E-state index contributed by atoms with van der Waals surface area (Å²) in [4.78, 5) is 39.7. The molecule has 1 aromatic heterocycles. The minimum absolute atomic E-state index is 0.0606. The first-order valence-corrected chi connectivity index (χ1v) is 12.7. The lowest BCUT2D eigenvalue weighted by molar-refractivity contribution is -0.113. The van der Waals surface area contributed by atoms with Gasteiger partial charge in [0, 0.05) is 26.6 Å². The number of thiophene rings is 1. The highest BCUT2D eigenvalue weighted by Crippen LogP contribution is 2.22. The van der Waals surface area contributed by atoms with Crippen molar-refractivity contribution in [2.24, 2.45) is 0 Å². The van der Waals surface area contributed by atoms with Gasteiger partial charge in [-0.2, -0.15) is 0 Å². The number of nitrogens with one attached hydrogen (secondary N) is 2. The molecule has 0 bridgehead atoms. The number of benzene rings is 3. The van der Waals surface area contributed by atoms with Crippen LogP contribution in [0.2, 0.25) is 0 Å². The maximum absolute atomic E-state index is 13.0. The number of rotatable bonds is 9. The third-order valence-electron chi connectivity index (χ3n) is 4.94. The largest absolute Gasteiger partial charge is 0.321 e. The molecule has 0 aliphatic carbocycles. The molecule has 4 rings (SSSR count). The minimum atomic E-state index is -0.428. The van der Waals surface area contributed by atoms with Crippen LogP contribution >= 0.6 is 23.1 Å². The molecular formula is C28H22N2O3S2. The van der Waals surface area contributed by atoms with Crippen molar-refractivity contribution >= 4 is 52.5 Å².